The van der Waals surface area contributed by atoms with Gasteiger partial charge in [0.25, 0.3) is 5.91 Å². The van der Waals surface area contributed by atoms with Crippen LogP contribution in [0.2, 0.25) is 0 Å². The molecule has 0 unspecified atom stereocenters. The molecular weight excluding hydrogens is 545 g/mol. The summed E-state index contributed by atoms with van der Waals surface area (Å²) in [6.07, 6.45) is -0.190. The van der Waals surface area contributed by atoms with Gasteiger partial charge in [-0.1, -0.05) is 6.92 Å². The van der Waals surface area contributed by atoms with Gasteiger partial charge in [0.05, 0.1) is 38.0 Å². The Morgan fingerprint density at radius 3 is 2.50 bits per heavy atom. The third-order valence-corrected chi connectivity index (χ3v) is 7.60. The Labute approximate surface area is 245 Å². The van der Waals surface area contributed by atoms with Gasteiger partial charge in [0.15, 0.2) is 0 Å². The van der Waals surface area contributed by atoms with Crippen LogP contribution in [0.1, 0.15) is 30.6 Å². The molecule has 2 aliphatic rings. The van der Waals surface area contributed by atoms with Gasteiger partial charge in [-0.05, 0) is 49.4 Å². The summed E-state index contributed by atoms with van der Waals surface area (Å²) in [5, 5.41) is 15.5. The zero-order chi connectivity index (χ0) is 30.2. The summed E-state index contributed by atoms with van der Waals surface area (Å²) in [6, 6.07) is 9.56. The van der Waals surface area contributed by atoms with Crippen LogP contribution in [0.4, 0.5) is 20.6 Å². The van der Waals surface area contributed by atoms with E-state index in [1.165, 1.54) is 29.2 Å². The number of halogens is 1. The van der Waals surface area contributed by atoms with Crippen LogP contribution in [0, 0.1) is 11.7 Å². The maximum Gasteiger partial charge on any atom is 0.321 e. The van der Waals surface area contributed by atoms with Gasteiger partial charge < -0.3 is 35.0 Å². The zero-order valence-corrected chi connectivity index (χ0v) is 24.3. The van der Waals surface area contributed by atoms with Gasteiger partial charge in [-0.15, -0.1) is 0 Å². The average molecular weight is 586 g/mol. The van der Waals surface area contributed by atoms with Gasteiger partial charge in [-0.25, -0.2) is 9.18 Å². The Bertz CT molecular complexity index is 1240. The molecule has 2 aromatic rings. The maximum absolute atomic E-state index is 13.7. The van der Waals surface area contributed by atoms with Crippen LogP contribution >= 0.6 is 0 Å². The second-order valence-electron chi connectivity index (χ2n) is 10.9. The van der Waals surface area contributed by atoms with Crippen LogP contribution in [0.5, 0.6) is 5.75 Å². The highest BCUT2D eigenvalue weighted by Crippen LogP contribution is 2.31. The second kappa shape index (κ2) is 14.4. The maximum atomic E-state index is 13.7. The quantitative estimate of drug-likeness (QED) is 0.414. The molecule has 4 rings (SSSR count). The molecule has 2 heterocycles. The molecule has 4 amide bonds. The molecule has 42 heavy (non-hydrogen) atoms. The molecule has 0 aromatic heterocycles. The number of likely N-dealkylation sites (N-methyl/N-ethyl adjacent to an activating group) is 1. The van der Waals surface area contributed by atoms with Crippen molar-refractivity contribution in [3.05, 3.63) is 53.8 Å². The standard InChI is InChI=1S/C30H40FN5O6/c1-20-17-36(21(2)19-37)29(39)25-16-24(32-28(38)10-11-35-12-14-41-15-13-35)8-9-26(25)42-27(20)18-34(3)30(40)33-23-6-4-22(31)5-7-23/h4-9,16,20-21,27,37H,10-15,17-19H2,1-3H3,(H,32,38)(H,33,40)/t20-,21+,27+/m1/s1. The van der Waals surface area contributed by atoms with Crippen LogP contribution in [0.25, 0.3) is 0 Å². The number of fused-ring (bicyclic) bond motifs is 1. The molecule has 1 fully saturated rings. The predicted octanol–water partition coefficient (Wildman–Crippen LogP) is 2.87. The van der Waals surface area contributed by atoms with E-state index in [1.54, 1.807) is 37.1 Å². The first-order valence-electron chi connectivity index (χ1n) is 14.2. The molecule has 2 aromatic carbocycles. The summed E-state index contributed by atoms with van der Waals surface area (Å²) in [5.41, 5.74) is 1.19. The number of nitrogens with zero attached hydrogens (tertiary/aromatic N) is 3. The third-order valence-electron chi connectivity index (χ3n) is 7.60. The van der Waals surface area contributed by atoms with Crippen molar-refractivity contribution < 1.29 is 33.4 Å². The number of morpholine rings is 1. The lowest BCUT2D eigenvalue weighted by Gasteiger charge is -2.38. The van der Waals surface area contributed by atoms with E-state index < -0.39 is 24.0 Å². The number of hydrogen-bond donors (Lipinski definition) is 3. The molecule has 0 saturated carbocycles. The van der Waals surface area contributed by atoms with Crippen molar-refractivity contribution in [2.45, 2.75) is 32.4 Å². The van der Waals surface area contributed by atoms with E-state index in [1.807, 2.05) is 6.92 Å². The summed E-state index contributed by atoms with van der Waals surface area (Å²) < 4.78 is 24.9. The zero-order valence-electron chi connectivity index (χ0n) is 24.3. The monoisotopic (exact) mass is 585 g/mol. The normalized spacial score (nSPS) is 20.0. The number of rotatable bonds is 9. The summed E-state index contributed by atoms with van der Waals surface area (Å²) in [7, 11) is 1.63. The lowest BCUT2D eigenvalue weighted by atomic mass is 9.99. The first kappa shape index (κ1) is 31.2. The van der Waals surface area contributed by atoms with Gasteiger partial charge in [-0.2, -0.15) is 0 Å². The Balaban J connectivity index is 1.49. The fourth-order valence-electron chi connectivity index (χ4n) is 4.93. The molecule has 0 radical (unpaired) electrons. The SMILES string of the molecule is C[C@@H]1CN([C@@H](C)CO)C(=O)c2cc(NC(=O)CCN3CCOCC3)ccc2O[C@H]1CN(C)C(=O)Nc1ccc(F)cc1. The average Bonchev–Trinajstić information content (AvgIpc) is 2.99. The second-order valence-corrected chi connectivity index (χ2v) is 10.9. The molecule has 3 N–H and O–H groups in total. The fourth-order valence-corrected chi connectivity index (χ4v) is 4.93. The van der Waals surface area contributed by atoms with Gasteiger partial charge in [-0.3, -0.25) is 14.5 Å². The van der Waals surface area contributed by atoms with E-state index in [0.29, 0.717) is 43.3 Å². The lowest BCUT2D eigenvalue weighted by Crippen LogP contribution is -2.50. The molecule has 0 bridgehead atoms. The minimum Gasteiger partial charge on any atom is -0.487 e. The first-order chi connectivity index (χ1) is 20.1. The minimum absolute atomic E-state index is 0.165. The van der Waals surface area contributed by atoms with E-state index >= 15 is 0 Å². The third kappa shape index (κ3) is 8.17. The molecule has 2 aliphatic heterocycles. The van der Waals surface area contributed by atoms with E-state index in [9.17, 15) is 23.9 Å². The number of amides is 4. The van der Waals surface area contributed by atoms with Crippen LogP contribution in [0.15, 0.2) is 42.5 Å². The summed E-state index contributed by atoms with van der Waals surface area (Å²) in [6.45, 7) is 7.47. The number of aliphatic hydroxyl groups is 1. The summed E-state index contributed by atoms with van der Waals surface area (Å²) in [5.74, 6) is -0.754. The number of nitrogens with one attached hydrogen (secondary N) is 2. The van der Waals surface area contributed by atoms with Crippen molar-refractivity contribution in [3.63, 3.8) is 0 Å². The smallest absolute Gasteiger partial charge is 0.321 e. The van der Waals surface area contributed by atoms with Crippen molar-refractivity contribution in [3.8, 4) is 5.75 Å². The van der Waals surface area contributed by atoms with Crippen molar-refractivity contribution in [1.29, 1.82) is 0 Å². The highest BCUT2D eigenvalue weighted by Gasteiger charge is 2.34. The molecular formula is C30H40FN5O6. The number of carbonyl (C=O) groups excluding carboxylic acids is 3. The highest BCUT2D eigenvalue weighted by molar-refractivity contribution is 6.00. The number of hydrogen-bond acceptors (Lipinski definition) is 7. The van der Waals surface area contributed by atoms with Crippen LogP contribution in [0.3, 0.4) is 0 Å². The molecule has 12 heteroatoms. The van der Waals surface area contributed by atoms with Gasteiger partial charge >= 0.3 is 6.03 Å². The van der Waals surface area contributed by atoms with E-state index in [0.717, 1.165) is 13.1 Å². The largest absolute Gasteiger partial charge is 0.487 e. The number of aliphatic hydroxyl groups excluding tert-OH is 1. The Morgan fingerprint density at radius 2 is 1.81 bits per heavy atom. The fraction of sp³-hybridized carbons (Fsp3) is 0.500. The van der Waals surface area contributed by atoms with Crippen LogP contribution in [-0.4, -0.2) is 109 Å². The van der Waals surface area contributed by atoms with E-state index in [2.05, 4.69) is 15.5 Å². The van der Waals surface area contributed by atoms with Gasteiger partial charge in [0, 0.05) is 56.9 Å². The van der Waals surface area contributed by atoms with Gasteiger partial charge in [0.2, 0.25) is 5.91 Å². The summed E-state index contributed by atoms with van der Waals surface area (Å²) >= 11 is 0. The lowest BCUT2D eigenvalue weighted by molar-refractivity contribution is -0.116. The Kier molecular flexibility index (Phi) is 10.7. The van der Waals surface area contributed by atoms with E-state index in [-0.39, 0.29) is 43.0 Å². The number of carbonyl (C=O) groups is 3. The van der Waals surface area contributed by atoms with Crippen molar-refractivity contribution >= 4 is 29.2 Å². The number of anilines is 2. The van der Waals surface area contributed by atoms with Gasteiger partial charge in [0.1, 0.15) is 17.7 Å². The molecule has 0 spiro atoms. The Hall–Kier alpha value is -3.74. The molecule has 228 valence electrons. The molecule has 3 atom stereocenters. The topological polar surface area (TPSA) is 124 Å². The summed E-state index contributed by atoms with van der Waals surface area (Å²) in [4.78, 5) is 44.5. The number of urea groups is 1. The van der Waals surface area contributed by atoms with Crippen molar-refractivity contribution in [1.82, 2.24) is 14.7 Å². The van der Waals surface area contributed by atoms with Crippen LogP contribution in [-0.2, 0) is 9.53 Å². The first-order valence-corrected chi connectivity index (χ1v) is 14.2. The van der Waals surface area contributed by atoms with Crippen molar-refractivity contribution in [2.24, 2.45) is 5.92 Å². The Morgan fingerprint density at radius 1 is 1.12 bits per heavy atom. The molecule has 11 nitrogen and oxygen atoms in total. The number of benzene rings is 2. The predicted molar refractivity (Wildman–Crippen MR) is 156 cm³/mol. The van der Waals surface area contributed by atoms with Crippen LogP contribution < -0.4 is 15.4 Å². The van der Waals surface area contributed by atoms with E-state index in [4.69, 9.17) is 9.47 Å². The minimum atomic E-state index is -0.497. The number of ether oxygens (including phenoxy) is 2. The van der Waals surface area contributed by atoms with Crippen molar-refractivity contribution in [2.75, 3.05) is 70.2 Å². The highest BCUT2D eigenvalue weighted by atomic mass is 19.1. The molecule has 1 saturated heterocycles. The molecule has 0 aliphatic carbocycles.